The summed E-state index contributed by atoms with van der Waals surface area (Å²) >= 11 is 0. The molecule has 0 fully saturated rings. The lowest BCUT2D eigenvalue weighted by molar-refractivity contribution is 0.0580. The predicted octanol–water partition coefficient (Wildman–Crippen LogP) is 2.78. The molecule has 27 heavy (non-hydrogen) atoms. The number of hydrogen-bond acceptors (Lipinski definition) is 6. The van der Waals surface area contributed by atoms with E-state index in [-0.39, 0.29) is 13.2 Å². The summed E-state index contributed by atoms with van der Waals surface area (Å²) in [5.74, 6) is 0.605. The Morgan fingerprint density at radius 3 is 2.59 bits per heavy atom. The Hall–Kier alpha value is -3.45. The fraction of sp³-hybridized carbons (Fsp3) is 0.150. The number of hydrazone groups is 1. The third kappa shape index (κ3) is 2.88. The van der Waals surface area contributed by atoms with Crippen molar-refractivity contribution in [2.75, 3.05) is 18.6 Å². The van der Waals surface area contributed by atoms with E-state index >= 15 is 0 Å². The Labute approximate surface area is 154 Å². The second kappa shape index (κ2) is 6.69. The number of rotatable bonds is 5. The lowest BCUT2D eigenvalue weighted by Crippen LogP contribution is -2.41. The molecule has 0 atom stereocenters. The third-order valence-corrected chi connectivity index (χ3v) is 4.45. The number of anilines is 1. The van der Waals surface area contributed by atoms with Crippen molar-refractivity contribution in [3.05, 3.63) is 65.1 Å². The number of benzene rings is 2. The van der Waals surface area contributed by atoms with E-state index in [2.05, 4.69) is 10.5 Å². The van der Waals surface area contributed by atoms with Gasteiger partial charge in [0, 0.05) is 21.9 Å². The van der Waals surface area contributed by atoms with Crippen LogP contribution in [0.1, 0.15) is 32.2 Å². The third-order valence-electron chi connectivity index (χ3n) is 4.45. The van der Waals surface area contributed by atoms with Crippen molar-refractivity contribution >= 4 is 34.5 Å². The molecule has 0 unspecified atom stereocenters. The number of nitrogens with zero attached hydrogens (tertiary/aromatic N) is 2. The number of imide groups is 1. The molecule has 0 saturated heterocycles. The molecule has 0 radical (unpaired) electrons. The van der Waals surface area contributed by atoms with E-state index in [1.54, 1.807) is 30.5 Å². The number of carbonyl (C=O) groups excluding carboxylic acids is 2. The van der Waals surface area contributed by atoms with Gasteiger partial charge in [-0.2, -0.15) is 5.10 Å². The summed E-state index contributed by atoms with van der Waals surface area (Å²) in [6.45, 7) is 1.55. The quantitative estimate of drug-likeness (QED) is 0.413. The van der Waals surface area contributed by atoms with Crippen molar-refractivity contribution in [1.82, 2.24) is 4.90 Å². The zero-order valence-corrected chi connectivity index (χ0v) is 14.6. The van der Waals surface area contributed by atoms with Crippen LogP contribution >= 0.6 is 0 Å². The zero-order chi connectivity index (χ0) is 19.0. The minimum Gasteiger partial charge on any atom is -0.460 e. The molecule has 0 aliphatic carbocycles. The standard InChI is InChI=1S/C20H17N3O4/c1-12-5-6-13(27-12)11-21-22-17-8-7-16-18-14(17)3-2-4-15(18)19(25)23(9-10-24)20(16)26/h2-8,11,22,24H,9-10H2,1H3/b21-11+. The van der Waals surface area contributed by atoms with Gasteiger partial charge in [-0.25, -0.2) is 0 Å². The highest BCUT2D eigenvalue weighted by Crippen LogP contribution is 2.34. The summed E-state index contributed by atoms with van der Waals surface area (Å²) in [5.41, 5.74) is 4.49. The number of aryl methyl sites for hydroxylation is 1. The molecule has 7 heteroatoms. The molecule has 1 aliphatic heterocycles. The van der Waals surface area contributed by atoms with Crippen LogP contribution in [0.25, 0.3) is 10.8 Å². The molecule has 2 amide bonds. The Balaban J connectivity index is 1.74. The van der Waals surface area contributed by atoms with Crippen molar-refractivity contribution in [3.63, 3.8) is 0 Å². The minimum atomic E-state index is -0.404. The average Bonchev–Trinajstić information content (AvgIpc) is 3.09. The van der Waals surface area contributed by atoms with Crippen LogP contribution in [0.4, 0.5) is 5.69 Å². The second-order valence-electron chi connectivity index (χ2n) is 6.19. The van der Waals surface area contributed by atoms with Gasteiger partial charge in [-0.05, 0) is 37.3 Å². The molecule has 2 N–H and O–H groups in total. The maximum Gasteiger partial charge on any atom is 0.261 e. The first kappa shape index (κ1) is 17.0. The van der Waals surface area contributed by atoms with Gasteiger partial charge in [0.05, 0.1) is 25.1 Å². The molecule has 136 valence electrons. The summed E-state index contributed by atoms with van der Waals surface area (Å²) in [6.07, 6.45) is 1.56. The molecule has 4 rings (SSSR count). The molecule has 3 aromatic rings. The van der Waals surface area contributed by atoms with E-state index < -0.39 is 11.8 Å². The molecule has 1 aliphatic rings. The first-order valence-electron chi connectivity index (χ1n) is 8.48. The minimum absolute atomic E-state index is 0.0274. The van der Waals surface area contributed by atoms with Crippen LogP contribution in [0, 0.1) is 6.92 Å². The Morgan fingerprint density at radius 1 is 1.11 bits per heavy atom. The summed E-state index contributed by atoms with van der Waals surface area (Å²) in [6, 6.07) is 12.3. The van der Waals surface area contributed by atoms with Gasteiger partial charge >= 0.3 is 0 Å². The SMILES string of the molecule is Cc1ccc(/C=N/Nc2ccc3c4c(cccc24)C(=O)N(CCO)C3=O)o1. The van der Waals surface area contributed by atoms with Gasteiger partial charge in [0.25, 0.3) is 11.8 Å². The van der Waals surface area contributed by atoms with Gasteiger partial charge in [-0.1, -0.05) is 12.1 Å². The Bertz CT molecular complexity index is 1060. The fourth-order valence-corrected chi connectivity index (χ4v) is 3.24. The highest BCUT2D eigenvalue weighted by Gasteiger charge is 2.32. The van der Waals surface area contributed by atoms with Crippen LogP contribution in [-0.2, 0) is 0 Å². The van der Waals surface area contributed by atoms with Crippen LogP contribution in [-0.4, -0.2) is 41.2 Å². The normalized spacial score (nSPS) is 13.8. The zero-order valence-electron chi connectivity index (χ0n) is 14.6. The van der Waals surface area contributed by atoms with Crippen molar-refractivity contribution in [2.45, 2.75) is 6.92 Å². The van der Waals surface area contributed by atoms with Gasteiger partial charge < -0.3 is 9.52 Å². The molecule has 2 heterocycles. The molecule has 2 aromatic carbocycles. The van der Waals surface area contributed by atoms with E-state index in [9.17, 15) is 9.59 Å². The fourth-order valence-electron chi connectivity index (χ4n) is 3.24. The van der Waals surface area contributed by atoms with E-state index in [4.69, 9.17) is 9.52 Å². The van der Waals surface area contributed by atoms with E-state index in [1.807, 2.05) is 25.1 Å². The summed E-state index contributed by atoms with van der Waals surface area (Å²) in [7, 11) is 0. The van der Waals surface area contributed by atoms with E-state index in [0.717, 1.165) is 16.0 Å². The number of carbonyl (C=O) groups is 2. The average molecular weight is 363 g/mol. The van der Waals surface area contributed by atoms with E-state index in [1.165, 1.54) is 0 Å². The van der Waals surface area contributed by atoms with Crippen molar-refractivity contribution < 1.29 is 19.1 Å². The second-order valence-corrected chi connectivity index (χ2v) is 6.19. The Kier molecular flexibility index (Phi) is 4.21. The van der Waals surface area contributed by atoms with Gasteiger partial charge in [0.2, 0.25) is 0 Å². The molecule has 0 spiro atoms. The summed E-state index contributed by atoms with van der Waals surface area (Å²) < 4.78 is 5.43. The van der Waals surface area contributed by atoms with E-state index in [0.29, 0.717) is 28.0 Å². The molecule has 0 bridgehead atoms. The van der Waals surface area contributed by atoms with Crippen LogP contribution in [0.15, 0.2) is 52.0 Å². The van der Waals surface area contributed by atoms with Crippen LogP contribution in [0.2, 0.25) is 0 Å². The molecular weight excluding hydrogens is 346 g/mol. The van der Waals surface area contributed by atoms with Gasteiger partial charge in [0.15, 0.2) is 0 Å². The first-order valence-corrected chi connectivity index (χ1v) is 8.48. The lowest BCUT2D eigenvalue weighted by Gasteiger charge is -2.27. The highest BCUT2D eigenvalue weighted by molar-refractivity contribution is 6.26. The number of aliphatic hydroxyl groups is 1. The maximum atomic E-state index is 12.6. The van der Waals surface area contributed by atoms with Gasteiger partial charge in [-0.3, -0.25) is 19.9 Å². The van der Waals surface area contributed by atoms with Gasteiger partial charge in [0.1, 0.15) is 11.5 Å². The monoisotopic (exact) mass is 363 g/mol. The number of aliphatic hydroxyl groups excluding tert-OH is 1. The number of furan rings is 1. The lowest BCUT2D eigenvalue weighted by atomic mass is 9.93. The topological polar surface area (TPSA) is 95.1 Å². The van der Waals surface area contributed by atoms with Crippen molar-refractivity contribution in [1.29, 1.82) is 0 Å². The molecule has 0 saturated carbocycles. The van der Waals surface area contributed by atoms with Crippen molar-refractivity contribution in [2.24, 2.45) is 5.10 Å². The summed E-state index contributed by atoms with van der Waals surface area (Å²) in [5, 5.41) is 14.7. The number of hydrogen-bond donors (Lipinski definition) is 2. The largest absolute Gasteiger partial charge is 0.460 e. The Morgan fingerprint density at radius 2 is 1.89 bits per heavy atom. The summed E-state index contributed by atoms with van der Waals surface area (Å²) in [4.78, 5) is 26.4. The van der Waals surface area contributed by atoms with Gasteiger partial charge in [-0.15, -0.1) is 0 Å². The van der Waals surface area contributed by atoms with Crippen LogP contribution in [0.5, 0.6) is 0 Å². The number of nitrogens with one attached hydrogen (secondary N) is 1. The maximum absolute atomic E-state index is 12.6. The smallest absolute Gasteiger partial charge is 0.261 e. The number of β-amino-alcohol motifs (C(OH)–C–C–N with tert-alkyl or cyclic N) is 1. The highest BCUT2D eigenvalue weighted by atomic mass is 16.3. The molecular formula is C20H17N3O4. The first-order chi connectivity index (χ1) is 13.1. The van der Waals surface area contributed by atoms with Crippen LogP contribution < -0.4 is 5.43 Å². The van der Waals surface area contributed by atoms with Crippen molar-refractivity contribution in [3.8, 4) is 0 Å². The van der Waals surface area contributed by atoms with Crippen LogP contribution in [0.3, 0.4) is 0 Å². The number of amides is 2. The molecule has 1 aromatic heterocycles. The predicted molar refractivity (Wildman–Crippen MR) is 101 cm³/mol. The molecule has 7 nitrogen and oxygen atoms in total.